The van der Waals surface area contributed by atoms with E-state index in [-0.39, 0.29) is 5.91 Å². The van der Waals surface area contributed by atoms with Gasteiger partial charge in [0.15, 0.2) is 5.65 Å². The molecule has 7 heteroatoms. The Labute approximate surface area is 160 Å². The molecule has 0 saturated heterocycles. The van der Waals surface area contributed by atoms with Gasteiger partial charge in [-0.3, -0.25) is 4.79 Å². The van der Waals surface area contributed by atoms with Crippen LogP contribution in [0, 0.1) is 0 Å². The van der Waals surface area contributed by atoms with Crippen molar-refractivity contribution in [2.75, 3.05) is 11.1 Å². The molecule has 0 atom stereocenters. The maximum Gasteiger partial charge on any atom is 0.234 e. The Balaban J connectivity index is 1.33. The van der Waals surface area contributed by atoms with Crippen molar-refractivity contribution in [2.24, 2.45) is 0 Å². The predicted octanol–water partition coefficient (Wildman–Crippen LogP) is 3.66. The van der Waals surface area contributed by atoms with Crippen molar-refractivity contribution in [3.8, 4) is 11.3 Å². The Morgan fingerprint density at radius 2 is 1.81 bits per heavy atom. The van der Waals surface area contributed by atoms with E-state index in [0.717, 1.165) is 22.7 Å². The van der Waals surface area contributed by atoms with Crippen LogP contribution in [0.4, 0.5) is 5.69 Å². The SMILES string of the molecule is O=C(CSCc1ccccc1)Nc1ccc(-c2ccc3nncn3n2)cc1. The average Bonchev–Trinajstić information content (AvgIpc) is 3.17. The van der Waals surface area contributed by atoms with Gasteiger partial charge >= 0.3 is 0 Å². The second-order valence-electron chi connectivity index (χ2n) is 5.96. The highest BCUT2D eigenvalue weighted by atomic mass is 32.2. The summed E-state index contributed by atoms with van der Waals surface area (Å²) in [5, 5.41) is 15.2. The number of anilines is 1. The van der Waals surface area contributed by atoms with E-state index in [4.69, 9.17) is 0 Å². The Kier molecular flexibility index (Phi) is 5.11. The number of carbonyl (C=O) groups is 1. The summed E-state index contributed by atoms with van der Waals surface area (Å²) in [6.07, 6.45) is 1.57. The van der Waals surface area contributed by atoms with Gasteiger partial charge in [0.2, 0.25) is 5.91 Å². The average molecular weight is 375 g/mol. The lowest BCUT2D eigenvalue weighted by Crippen LogP contribution is -2.14. The standard InChI is InChI=1S/C20H17N5OS/c26-20(13-27-12-15-4-2-1-3-5-15)22-17-8-6-16(7-9-17)18-10-11-19-23-21-14-25(19)24-18/h1-11,14H,12-13H2,(H,22,26). The molecule has 0 fully saturated rings. The number of nitrogens with one attached hydrogen (secondary N) is 1. The van der Waals surface area contributed by atoms with Gasteiger partial charge in [-0.1, -0.05) is 42.5 Å². The van der Waals surface area contributed by atoms with E-state index in [1.807, 2.05) is 54.6 Å². The fraction of sp³-hybridized carbons (Fsp3) is 0.100. The maximum absolute atomic E-state index is 12.1. The van der Waals surface area contributed by atoms with Gasteiger partial charge in [-0.2, -0.15) is 9.61 Å². The van der Waals surface area contributed by atoms with Gasteiger partial charge in [0.1, 0.15) is 6.33 Å². The minimum atomic E-state index is -0.00674. The number of carbonyl (C=O) groups excluding carboxylic acids is 1. The van der Waals surface area contributed by atoms with Crippen molar-refractivity contribution in [3.63, 3.8) is 0 Å². The van der Waals surface area contributed by atoms with Gasteiger partial charge in [0.25, 0.3) is 0 Å². The van der Waals surface area contributed by atoms with Crippen LogP contribution in [0.1, 0.15) is 5.56 Å². The van der Waals surface area contributed by atoms with Crippen LogP contribution in [-0.4, -0.2) is 31.5 Å². The summed E-state index contributed by atoms with van der Waals surface area (Å²) in [4.78, 5) is 12.1. The maximum atomic E-state index is 12.1. The molecular weight excluding hydrogens is 358 g/mol. The lowest BCUT2D eigenvalue weighted by Gasteiger charge is -2.07. The van der Waals surface area contributed by atoms with Crippen molar-refractivity contribution in [2.45, 2.75) is 5.75 Å². The van der Waals surface area contributed by atoms with Gasteiger partial charge in [-0.25, -0.2) is 0 Å². The van der Waals surface area contributed by atoms with Crippen molar-refractivity contribution in [3.05, 3.63) is 78.6 Å². The van der Waals surface area contributed by atoms with E-state index < -0.39 is 0 Å². The fourth-order valence-electron chi connectivity index (χ4n) is 2.64. The lowest BCUT2D eigenvalue weighted by molar-refractivity contribution is -0.113. The monoisotopic (exact) mass is 375 g/mol. The Hall–Kier alpha value is -3.19. The zero-order valence-corrected chi connectivity index (χ0v) is 15.3. The number of aromatic nitrogens is 4. The number of hydrogen-bond acceptors (Lipinski definition) is 5. The minimum absolute atomic E-state index is 0.00674. The molecule has 27 heavy (non-hydrogen) atoms. The predicted molar refractivity (Wildman–Crippen MR) is 107 cm³/mol. The molecular formula is C20H17N5OS. The topological polar surface area (TPSA) is 72.2 Å². The number of nitrogens with zero attached hydrogens (tertiary/aromatic N) is 4. The van der Waals surface area contributed by atoms with Crippen molar-refractivity contribution >= 4 is 29.0 Å². The van der Waals surface area contributed by atoms with Crippen molar-refractivity contribution in [1.82, 2.24) is 19.8 Å². The molecule has 0 radical (unpaired) electrons. The summed E-state index contributed by atoms with van der Waals surface area (Å²) >= 11 is 1.60. The van der Waals surface area contributed by atoms with E-state index in [1.54, 1.807) is 22.6 Å². The third-order valence-electron chi connectivity index (χ3n) is 3.97. The summed E-state index contributed by atoms with van der Waals surface area (Å²) in [7, 11) is 0. The molecule has 0 bridgehead atoms. The number of rotatable bonds is 6. The molecule has 0 saturated carbocycles. The molecule has 0 spiro atoms. The van der Waals surface area contributed by atoms with Crippen LogP contribution in [0.3, 0.4) is 0 Å². The van der Waals surface area contributed by atoms with Crippen LogP contribution >= 0.6 is 11.8 Å². The number of amides is 1. The highest BCUT2D eigenvalue weighted by Gasteiger charge is 2.06. The number of benzene rings is 2. The number of fused-ring (bicyclic) bond motifs is 1. The first kappa shape index (κ1) is 17.2. The van der Waals surface area contributed by atoms with Gasteiger partial charge in [-0.15, -0.1) is 22.0 Å². The summed E-state index contributed by atoms with van der Waals surface area (Å²) in [6.45, 7) is 0. The number of hydrogen-bond donors (Lipinski definition) is 1. The van der Waals surface area contributed by atoms with E-state index in [1.165, 1.54) is 5.56 Å². The molecule has 1 N–H and O–H groups in total. The molecule has 0 unspecified atom stereocenters. The largest absolute Gasteiger partial charge is 0.325 e. The van der Waals surface area contributed by atoms with Crippen LogP contribution in [0.5, 0.6) is 0 Å². The van der Waals surface area contributed by atoms with Gasteiger partial charge in [0.05, 0.1) is 11.4 Å². The minimum Gasteiger partial charge on any atom is -0.325 e. The molecule has 0 aliphatic rings. The molecule has 0 aliphatic carbocycles. The van der Waals surface area contributed by atoms with Crippen LogP contribution < -0.4 is 5.32 Å². The number of thioether (sulfide) groups is 1. The van der Waals surface area contributed by atoms with E-state index in [9.17, 15) is 4.79 Å². The van der Waals surface area contributed by atoms with Crippen molar-refractivity contribution in [1.29, 1.82) is 0 Å². The lowest BCUT2D eigenvalue weighted by atomic mass is 10.1. The summed E-state index contributed by atoms with van der Waals surface area (Å²) in [6, 6.07) is 21.5. The zero-order valence-electron chi connectivity index (χ0n) is 14.4. The normalized spacial score (nSPS) is 10.8. The Morgan fingerprint density at radius 3 is 2.63 bits per heavy atom. The first-order chi connectivity index (χ1) is 13.3. The van der Waals surface area contributed by atoms with Gasteiger partial charge in [-0.05, 0) is 29.8 Å². The first-order valence-corrected chi connectivity index (χ1v) is 9.62. The third kappa shape index (κ3) is 4.32. The third-order valence-corrected chi connectivity index (χ3v) is 4.97. The zero-order chi connectivity index (χ0) is 18.5. The molecule has 2 aromatic heterocycles. The highest BCUT2D eigenvalue weighted by Crippen LogP contribution is 2.20. The van der Waals surface area contributed by atoms with Gasteiger partial charge in [0, 0.05) is 17.0 Å². The molecule has 2 aromatic carbocycles. The molecule has 134 valence electrons. The second kappa shape index (κ2) is 8.01. The van der Waals surface area contributed by atoms with Crippen LogP contribution in [0.15, 0.2) is 73.1 Å². The quantitative estimate of drug-likeness (QED) is 0.557. The van der Waals surface area contributed by atoms with Crippen LogP contribution in [-0.2, 0) is 10.5 Å². The summed E-state index contributed by atoms with van der Waals surface area (Å²) in [5.74, 6) is 1.24. The van der Waals surface area contributed by atoms with E-state index in [0.29, 0.717) is 11.4 Å². The molecule has 0 aliphatic heterocycles. The van der Waals surface area contributed by atoms with Crippen LogP contribution in [0.2, 0.25) is 0 Å². The molecule has 4 rings (SSSR count). The van der Waals surface area contributed by atoms with E-state index >= 15 is 0 Å². The van der Waals surface area contributed by atoms with Gasteiger partial charge < -0.3 is 5.32 Å². The van der Waals surface area contributed by atoms with Crippen LogP contribution in [0.25, 0.3) is 16.9 Å². The molecule has 1 amide bonds. The summed E-state index contributed by atoms with van der Waals surface area (Å²) < 4.78 is 1.63. The van der Waals surface area contributed by atoms with Crippen molar-refractivity contribution < 1.29 is 4.79 Å². The Bertz CT molecular complexity index is 1050. The summed E-state index contributed by atoms with van der Waals surface area (Å²) in [5.41, 5.74) is 4.47. The van der Waals surface area contributed by atoms with E-state index in [2.05, 4.69) is 32.7 Å². The Morgan fingerprint density at radius 1 is 1.00 bits per heavy atom. The smallest absolute Gasteiger partial charge is 0.234 e. The molecule has 2 heterocycles. The molecule has 4 aromatic rings. The highest BCUT2D eigenvalue weighted by molar-refractivity contribution is 7.99. The second-order valence-corrected chi connectivity index (χ2v) is 6.94. The first-order valence-electron chi connectivity index (χ1n) is 8.47. The molecule has 6 nitrogen and oxygen atoms in total. The fourth-order valence-corrected chi connectivity index (χ4v) is 3.43.